The molecule has 1 N–H and O–H groups in total. The number of carbonyl (C=O) groups excluding carboxylic acids is 2. The largest absolute Gasteiger partial charge is 0.342 e. The standard InChI is InChI=1S/C20H23ClN2O2/c1-16(24)23(14-7-10-17-8-3-2-4-9-17)15-13-20(25)22-19-12-6-5-11-18(19)21/h2-6,8-9,11-12H,7,10,13-15H2,1H3,(H,22,25). The topological polar surface area (TPSA) is 49.4 Å². The van der Waals surface area contributed by atoms with Crippen LogP contribution in [0.3, 0.4) is 0 Å². The van der Waals surface area contributed by atoms with Gasteiger partial charge < -0.3 is 10.2 Å². The number of benzene rings is 2. The third kappa shape index (κ3) is 6.59. The zero-order valence-electron chi connectivity index (χ0n) is 14.4. The maximum absolute atomic E-state index is 12.1. The van der Waals surface area contributed by atoms with Crippen LogP contribution in [0.25, 0.3) is 0 Å². The van der Waals surface area contributed by atoms with E-state index in [1.54, 1.807) is 17.0 Å². The summed E-state index contributed by atoms with van der Waals surface area (Å²) in [6.45, 7) is 2.58. The smallest absolute Gasteiger partial charge is 0.226 e. The minimum Gasteiger partial charge on any atom is -0.342 e. The minimum absolute atomic E-state index is 0.0152. The van der Waals surface area contributed by atoms with E-state index >= 15 is 0 Å². The molecule has 0 heterocycles. The van der Waals surface area contributed by atoms with Crippen molar-refractivity contribution in [2.75, 3.05) is 18.4 Å². The van der Waals surface area contributed by atoms with Crippen LogP contribution in [-0.4, -0.2) is 29.8 Å². The second-order valence-electron chi connectivity index (χ2n) is 5.87. The Bertz CT molecular complexity index is 704. The van der Waals surface area contributed by atoms with Gasteiger partial charge in [-0.05, 0) is 30.5 Å². The first-order valence-electron chi connectivity index (χ1n) is 8.40. The number of nitrogens with zero attached hydrogens (tertiary/aromatic N) is 1. The molecule has 2 aromatic carbocycles. The van der Waals surface area contributed by atoms with Crippen molar-refractivity contribution < 1.29 is 9.59 Å². The Balaban J connectivity index is 1.78. The van der Waals surface area contributed by atoms with Gasteiger partial charge in [0.05, 0.1) is 10.7 Å². The molecule has 2 rings (SSSR count). The van der Waals surface area contributed by atoms with Crippen molar-refractivity contribution in [2.24, 2.45) is 0 Å². The fraction of sp³-hybridized carbons (Fsp3) is 0.300. The zero-order valence-corrected chi connectivity index (χ0v) is 15.1. The average Bonchev–Trinajstić information content (AvgIpc) is 2.60. The summed E-state index contributed by atoms with van der Waals surface area (Å²) in [5.74, 6) is -0.166. The molecule has 132 valence electrons. The molecule has 0 unspecified atom stereocenters. The maximum atomic E-state index is 12.1. The number of hydrogen-bond donors (Lipinski definition) is 1. The zero-order chi connectivity index (χ0) is 18.1. The first-order chi connectivity index (χ1) is 12.1. The molecule has 4 nitrogen and oxygen atoms in total. The highest BCUT2D eigenvalue weighted by molar-refractivity contribution is 6.33. The van der Waals surface area contributed by atoms with Gasteiger partial charge in [0.1, 0.15) is 0 Å². The van der Waals surface area contributed by atoms with E-state index in [4.69, 9.17) is 11.6 Å². The molecule has 0 saturated carbocycles. The molecule has 2 aromatic rings. The summed E-state index contributed by atoms with van der Waals surface area (Å²) in [6.07, 6.45) is 2.03. The lowest BCUT2D eigenvalue weighted by Gasteiger charge is -2.21. The number of carbonyl (C=O) groups is 2. The van der Waals surface area contributed by atoms with Crippen LogP contribution < -0.4 is 5.32 Å². The van der Waals surface area contributed by atoms with Gasteiger partial charge in [-0.2, -0.15) is 0 Å². The second kappa shape index (κ2) is 9.84. The predicted octanol–water partition coefficient (Wildman–Crippen LogP) is 4.15. The fourth-order valence-electron chi connectivity index (χ4n) is 2.56. The number of nitrogens with one attached hydrogen (secondary N) is 1. The van der Waals surface area contributed by atoms with Crippen LogP contribution in [0, 0.1) is 0 Å². The molecule has 0 bridgehead atoms. The van der Waals surface area contributed by atoms with Crippen LogP contribution >= 0.6 is 11.6 Å². The quantitative estimate of drug-likeness (QED) is 0.770. The number of para-hydroxylation sites is 1. The van der Waals surface area contributed by atoms with Gasteiger partial charge in [0, 0.05) is 26.4 Å². The Morgan fingerprint density at radius 2 is 1.68 bits per heavy atom. The van der Waals surface area contributed by atoms with Crippen LogP contribution in [0.1, 0.15) is 25.3 Å². The third-order valence-corrected chi connectivity index (χ3v) is 4.27. The predicted molar refractivity (Wildman–Crippen MR) is 102 cm³/mol. The third-order valence-electron chi connectivity index (χ3n) is 3.94. The van der Waals surface area contributed by atoms with Crippen molar-refractivity contribution in [3.63, 3.8) is 0 Å². The molecule has 0 fully saturated rings. The molecule has 5 heteroatoms. The molecular formula is C20H23ClN2O2. The van der Waals surface area contributed by atoms with Gasteiger partial charge in [-0.15, -0.1) is 0 Å². The van der Waals surface area contributed by atoms with Crippen LogP contribution in [0.15, 0.2) is 54.6 Å². The molecular weight excluding hydrogens is 336 g/mol. The van der Waals surface area contributed by atoms with Crippen molar-refractivity contribution in [3.8, 4) is 0 Å². The number of aryl methyl sites for hydroxylation is 1. The first-order valence-corrected chi connectivity index (χ1v) is 8.78. The summed E-state index contributed by atoms with van der Waals surface area (Å²) in [6, 6.07) is 17.3. The van der Waals surface area contributed by atoms with Crippen LogP contribution in [0.4, 0.5) is 5.69 Å². The van der Waals surface area contributed by atoms with E-state index in [0.29, 0.717) is 23.8 Å². The Labute approximate surface area is 153 Å². The molecule has 0 atom stereocenters. The van der Waals surface area contributed by atoms with Crippen LogP contribution in [-0.2, 0) is 16.0 Å². The Morgan fingerprint density at radius 1 is 1.00 bits per heavy atom. The van der Waals surface area contributed by atoms with E-state index < -0.39 is 0 Å². The lowest BCUT2D eigenvalue weighted by molar-refractivity contribution is -0.129. The van der Waals surface area contributed by atoms with E-state index in [2.05, 4.69) is 17.4 Å². The summed E-state index contributed by atoms with van der Waals surface area (Å²) in [4.78, 5) is 25.6. The molecule has 25 heavy (non-hydrogen) atoms. The summed E-state index contributed by atoms with van der Waals surface area (Å²) in [5, 5.41) is 3.28. The highest BCUT2D eigenvalue weighted by Crippen LogP contribution is 2.20. The van der Waals surface area contributed by atoms with E-state index in [0.717, 1.165) is 12.8 Å². The summed E-state index contributed by atoms with van der Waals surface area (Å²) in [7, 11) is 0. The monoisotopic (exact) mass is 358 g/mol. The number of rotatable bonds is 8. The van der Waals surface area contributed by atoms with E-state index in [1.165, 1.54) is 12.5 Å². The number of anilines is 1. The van der Waals surface area contributed by atoms with E-state index in [9.17, 15) is 9.59 Å². The molecule has 0 aliphatic carbocycles. The summed E-state index contributed by atoms with van der Waals surface area (Å²) in [5.41, 5.74) is 1.84. The molecule has 0 spiro atoms. The molecule has 0 aliphatic rings. The fourth-order valence-corrected chi connectivity index (χ4v) is 2.74. The van der Waals surface area contributed by atoms with E-state index in [1.807, 2.05) is 30.3 Å². The van der Waals surface area contributed by atoms with Crippen molar-refractivity contribution in [2.45, 2.75) is 26.2 Å². The van der Waals surface area contributed by atoms with Crippen molar-refractivity contribution in [1.29, 1.82) is 0 Å². The maximum Gasteiger partial charge on any atom is 0.226 e. The number of halogens is 1. The Morgan fingerprint density at radius 3 is 2.36 bits per heavy atom. The van der Waals surface area contributed by atoms with Crippen LogP contribution in [0.5, 0.6) is 0 Å². The highest BCUT2D eigenvalue weighted by Gasteiger charge is 2.12. The Hall–Kier alpha value is -2.33. The average molecular weight is 359 g/mol. The van der Waals surface area contributed by atoms with Gasteiger partial charge in [-0.25, -0.2) is 0 Å². The van der Waals surface area contributed by atoms with Gasteiger partial charge in [0.2, 0.25) is 11.8 Å². The number of amides is 2. The molecule has 0 radical (unpaired) electrons. The van der Waals surface area contributed by atoms with Gasteiger partial charge >= 0.3 is 0 Å². The molecule has 0 aliphatic heterocycles. The minimum atomic E-state index is -0.151. The highest BCUT2D eigenvalue weighted by atomic mass is 35.5. The molecule has 0 aromatic heterocycles. The first kappa shape index (κ1) is 19.0. The SMILES string of the molecule is CC(=O)N(CCCc1ccccc1)CCC(=O)Nc1ccccc1Cl. The van der Waals surface area contributed by atoms with Crippen molar-refractivity contribution >= 4 is 29.1 Å². The van der Waals surface area contributed by atoms with Crippen molar-refractivity contribution in [3.05, 3.63) is 65.2 Å². The lowest BCUT2D eigenvalue weighted by Crippen LogP contribution is -2.33. The lowest BCUT2D eigenvalue weighted by atomic mass is 10.1. The van der Waals surface area contributed by atoms with E-state index in [-0.39, 0.29) is 18.2 Å². The normalized spacial score (nSPS) is 10.3. The summed E-state index contributed by atoms with van der Waals surface area (Å²) >= 11 is 6.03. The Kier molecular flexibility index (Phi) is 7.48. The molecule has 2 amide bonds. The van der Waals surface area contributed by atoms with Crippen molar-refractivity contribution in [1.82, 2.24) is 4.90 Å². The van der Waals surface area contributed by atoms with Crippen LogP contribution in [0.2, 0.25) is 5.02 Å². The number of hydrogen-bond acceptors (Lipinski definition) is 2. The van der Waals surface area contributed by atoms with Gasteiger partial charge in [0.25, 0.3) is 0 Å². The van der Waals surface area contributed by atoms with Gasteiger partial charge in [0.15, 0.2) is 0 Å². The summed E-state index contributed by atoms with van der Waals surface area (Å²) < 4.78 is 0. The molecule has 0 saturated heterocycles. The van der Waals surface area contributed by atoms with Gasteiger partial charge in [-0.3, -0.25) is 9.59 Å². The second-order valence-corrected chi connectivity index (χ2v) is 6.28. The van der Waals surface area contributed by atoms with Gasteiger partial charge in [-0.1, -0.05) is 54.1 Å².